The van der Waals surface area contributed by atoms with Crippen molar-refractivity contribution in [1.82, 2.24) is 0 Å². The Labute approximate surface area is 91.7 Å². The molecule has 0 spiro atoms. The predicted molar refractivity (Wildman–Crippen MR) is 64.5 cm³/mol. The Balaban J connectivity index is 2.41. The van der Waals surface area contributed by atoms with Crippen molar-refractivity contribution < 1.29 is 4.74 Å². The number of ether oxygens (including phenoxy) is 1. The molecule has 1 aromatic carbocycles. The van der Waals surface area contributed by atoms with Crippen molar-refractivity contribution in [3.63, 3.8) is 0 Å². The van der Waals surface area contributed by atoms with Gasteiger partial charge in [-0.05, 0) is 31.4 Å². The number of benzene rings is 1. The summed E-state index contributed by atoms with van der Waals surface area (Å²) in [6.45, 7) is 8.07. The molecule has 2 heteroatoms. The summed E-state index contributed by atoms with van der Waals surface area (Å²) < 4.78 is 5.45. The van der Waals surface area contributed by atoms with E-state index in [1.807, 2.05) is 19.9 Å². The van der Waals surface area contributed by atoms with Crippen LogP contribution in [0, 0.1) is 0 Å². The SMILES string of the molecule is C=Cc1ccc(CCOC(C)(C)N)cc1. The molecule has 0 atom stereocenters. The summed E-state index contributed by atoms with van der Waals surface area (Å²) in [5.74, 6) is 0. The molecular formula is C13H19NO. The van der Waals surface area contributed by atoms with Gasteiger partial charge in [-0.25, -0.2) is 0 Å². The monoisotopic (exact) mass is 205 g/mol. The van der Waals surface area contributed by atoms with E-state index in [1.165, 1.54) is 5.56 Å². The molecule has 2 N–H and O–H groups in total. The number of rotatable bonds is 5. The second-order valence-corrected chi connectivity index (χ2v) is 4.15. The van der Waals surface area contributed by atoms with Crippen LogP contribution in [0.2, 0.25) is 0 Å². The molecule has 0 aliphatic rings. The van der Waals surface area contributed by atoms with Crippen LogP contribution < -0.4 is 5.73 Å². The van der Waals surface area contributed by atoms with Gasteiger partial charge in [0.2, 0.25) is 0 Å². The highest BCUT2D eigenvalue weighted by molar-refractivity contribution is 5.47. The van der Waals surface area contributed by atoms with Crippen molar-refractivity contribution in [3.8, 4) is 0 Å². The zero-order chi connectivity index (χ0) is 11.3. The Hall–Kier alpha value is -1.12. The summed E-state index contributed by atoms with van der Waals surface area (Å²) >= 11 is 0. The summed E-state index contributed by atoms with van der Waals surface area (Å²) in [5, 5.41) is 0. The molecule has 0 bridgehead atoms. The largest absolute Gasteiger partial charge is 0.361 e. The van der Waals surface area contributed by atoms with E-state index in [0.29, 0.717) is 6.61 Å². The minimum Gasteiger partial charge on any atom is -0.361 e. The lowest BCUT2D eigenvalue weighted by Crippen LogP contribution is -2.35. The van der Waals surface area contributed by atoms with Crippen LogP contribution in [-0.4, -0.2) is 12.3 Å². The van der Waals surface area contributed by atoms with Gasteiger partial charge in [-0.1, -0.05) is 36.9 Å². The van der Waals surface area contributed by atoms with Crippen molar-refractivity contribution in [2.24, 2.45) is 5.73 Å². The van der Waals surface area contributed by atoms with Gasteiger partial charge in [0.15, 0.2) is 0 Å². The van der Waals surface area contributed by atoms with Crippen LogP contribution >= 0.6 is 0 Å². The first-order valence-corrected chi connectivity index (χ1v) is 5.15. The molecule has 0 saturated carbocycles. The van der Waals surface area contributed by atoms with E-state index in [0.717, 1.165) is 12.0 Å². The van der Waals surface area contributed by atoms with Gasteiger partial charge < -0.3 is 10.5 Å². The highest BCUT2D eigenvalue weighted by atomic mass is 16.5. The van der Waals surface area contributed by atoms with Gasteiger partial charge >= 0.3 is 0 Å². The van der Waals surface area contributed by atoms with Crippen LogP contribution in [0.5, 0.6) is 0 Å². The van der Waals surface area contributed by atoms with E-state index in [4.69, 9.17) is 10.5 Å². The van der Waals surface area contributed by atoms with Crippen LogP contribution in [-0.2, 0) is 11.2 Å². The van der Waals surface area contributed by atoms with E-state index >= 15 is 0 Å². The molecule has 0 saturated heterocycles. The molecule has 0 aliphatic heterocycles. The normalized spacial score (nSPS) is 11.4. The first-order chi connectivity index (χ1) is 7.01. The molecule has 2 nitrogen and oxygen atoms in total. The third-order valence-electron chi connectivity index (χ3n) is 2.08. The van der Waals surface area contributed by atoms with Crippen molar-refractivity contribution in [2.75, 3.05) is 6.61 Å². The van der Waals surface area contributed by atoms with E-state index in [9.17, 15) is 0 Å². The van der Waals surface area contributed by atoms with E-state index in [-0.39, 0.29) is 0 Å². The molecule has 0 radical (unpaired) electrons. The van der Waals surface area contributed by atoms with Crippen LogP contribution in [0.4, 0.5) is 0 Å². The number of nitrogens with two attached hydrogens (primary N) is 1. The molecule has 1 aromatic rings. The van der Waals surface area contributed by atoms with Gasteiger partial charge in [-0.3, -0.25) is 0 Å². The maximum Gasteiger partial charge on any atom is 0.111 e. The van der Waals surface area contributed by atoms with Crippen LogP contribution in [0.25, 0.3) is 6.08 Å². The molecule has 0 heterocycles. The van der Waals surface area contributed by atoms with Gasteiger partial charge in [0.25, 0.3) is 0 Å². The topological polar surface area (TPSA) is 35.2 Å². The Kier molecular flexibility index (Phi) is 4.06. The second kappa shape index (κ2) is 5.10. The lowest BCUT2D eigenvalue weighted by molar-refractivity contribution is -0.0107. The van der Waals surface area contributed by atoms with Gasteiger partial charge in [0.05, 0.1) is 6.61 Å². The van der Waals surface area contributed by atoms with Crippen molar-refractivity contribution in [2.45, 2.75) is 26.0 Å². The van der Waals surface area contributed by atoms with Crippen LogP contribution in [0.3, 0.4) is 0 Å². The minimum atomic E-state index is -0.541. The fourth-order valence-corrected chi connectivity index (χ4v) is 1.25. The predicted octanol–water partition coefficient (Wildman–Crippen LogP) is 2.58. The second-order valence-electron chi connectivity index (χ2n) is 4.15. The molecular weight excluding hydrogens is 186 g/mol. The van der Waals surface area contributed by atoms with Crippen LogP contribution in [0.15, 0.2) is 30.8 Å². The average Bonchev–Trinajstić information content (AvgIpc) is 2.17. The molecule has 0 aliphatic carbocycles. The summed E-state index contributed by atoms with van der Waals surface area (Å²) in [4.78, 5) is 0. The zero-order valence-electron chi connectivity index (χ0n) is 9.49. The molecule has 1 rings (SSSR count). The maximum atomic E-state index is 5.71. The molecule has 0 aromatic heterocycles. The standard InChI is InChI=1S/C13H19NO/c1-4-11-5-7-12(8-6-11)9-10-15-13(2,3)14/h4-8H,1,9-10,14H2,2-3H3. The third kappa shape index (κ3) is 4.77. The Morgan fingerprint density at radius 1 is 1.33 bits per heavy atom. The quantitative estimate of drug-likeness (QED) is 0.750. The summed E-state index contributed by atoms with van der Waals surface area (Å²) in [6, 6.07) is 8.28. The van der Waals surface area contributed by atoms with Crippen molar-refractivity contribution in [3.05, 3.63) is 42.0 Å². The molecule has 0 unspecified atom stereocenters. The first kappa shape index (κ1) is 12.0. The molecule has 15 heavy (non-hydrogen) atoms. The summed E-state index contributed by atoms with van der Waals surface area (Å²) in [7, 11) is 0. The smallest absolute Gasteiger partial charge is 0.111 e. The minimum absolute atomic E-state index is 0.541. The molecule has 0 fully saturated rings. The molecule has 82 valence electrons. The zero-order valence-corrected chi connectivity index (χ0v) is 9.49. The van der Waals surface area contributed by atoms with Gasteiger partial charge in [0, 0.05) is 0 Å². The highest BCUT2D eigenvalue weighted by Crippen LogP contribution is 2.07. The lowest BCUT2D eigenvalue weighted by Gasteiger charge is -2.19. The summed E-state index contributed by atoms with van der Waals surface area (Å²) in [5.41, 5.74) is 7.56. The Bertz CT molecular complexity index is 308. The van der Waals surface area contributed by atoms with Crippen LogP contribution in [0.1, 0.15) is 25.0 Å². The maximum absolute atomic E-state index is 5.71. The highest BCUT2D eigenvalue weighted by Gasteiger charge is 2.09. The van der Waals surface area contributed by atoms with Crippen molar-refractivity contribution in [1.29, 1.82) is 0 Å². The van der Waals surface area contributed by atoms with Gasteiger partial charge in [0.1, 0.15) is 5.72 Å². The van der Waals surface area contributed by atoms with Crippen molar-refractivity contribution >= 4 is 6.08 Å². The van der Waals surface area contributed by atoms with Gasteiger partial charge in [-0.2, -0.15) is 0 Å². The number of hydrogen-bond donors (Lipinski definition) is 1. The third-order valence-corrected chi connectivity index (χ3v) is 2.08. The average molecular weight is 205 g/mol. The lowest BCUT2D eigenvalue weighted by atomic mass is 10.1. The fourth-order valence-electron chi connectivity index (χ4n) is 1.25. The van der Waals surface area contributed by atoms with Gasteiger partial charge in [-0.15, -0.1) is 0 Å². The Morgan fingerprint density at radius 2 is 1.93 bits per heavy atom. The van der Waals surface area contributed by atoms with E-state index < -0.39 is 5.72 Å². The van der Waals surface area contributed by atoms with E-state index in [2.05, 4.69) is 30.8 Å². The fraction of sp³-hybridized carbons (Fsp3) is 0.385. The number of hydrogen-bond acceptors (Lipinski definition) is 2. The Morgan fingerprint density at radius 3 is 2.40 bits per heavy atom. The van der Waals surface area contributed by atoms with E-state index in [1.54, 1.807) is 0 Å². The first-order valence-electron chi connectivity index (χ1n) is 5.15. The summed E-state index contributed by atoms with van der Waals surface area (Å²) in [6.07, 6.45) is 2.72. The molecule has 0 amide bonds.